The highest BCUT2D eigenvalue weighted by molar-refractivity contribution is 5.99. The number of methoxy groups -OCH3 is 1. The third kappa shape index (κ3) is 5.90. The zero-order chi connectivity index (χ0) is 22.4. The lowest BCUT2D eigenvalue weighted by atomic mass is 9.83. The Bertz CT molecular complexity index is 856. The molecule has 1 aromatic rings. The number of esters is 1. The molecule has 9 heteroatoms. The Kier molecular flexibility index (Phi) is 7.38. The minimum atomic E-state index is -1.04. The summed E-state index contributed by atoms with van der Waals surface area (Å²) in [4.78, 5) is 61.4. The van der Waals surface area contributed by atoms with Crippen molar-refractivity contribution in [1.29, 1.82) is 0 Å². The Morgan fingerprint density at radius 1 is 1.10 bits per heavy atom. The standard InChI is InChI=1S/C22H27N3O6/c1-31-22(30)19(14-8-5-9-15(26)11-14)25-18(27)12-17-21(29)23-16(20(28)24-17)10-13-6-3-2-4-7-13/h2-4,6-7,14,16-17,19H,5,8-12H2,1H3,(H,23,29)(H,24,28)(H,25,27)/t14-,16-,17-,19+/m0/s1. The molecule has 1 saturated carbocycles. The summed E-state index contributed by atoms with van der Waals surface area (Å²) in [7, 11) is 1.22. The molecular weight excluding hydrogens is 402 g/mol. The predicted molar refractivity (Wildman–Crippen MR) is 110 cm³/mol. The molecule has 4 atom stereocenters. The first-order valence-corrected chi connectivity index (χ1v) is 10.4. The van der Waals surface area contributed by atoms with Crippen molar-refractivity contribution in [2.75, 3.05) is 7.11 Å². The highest BCUT2D eigenvalue weighted by Crippen LogP contribution is 2.25. The molecule has 1 heterocycles. The molecule has 3 N–H and O–H groups in total. The Balaban J connectivity index is 1.57. The van der Waals surface area contributed by atoms with Crippen LogP contribution in [0.1, 0.15) is 37.7 Å². The van der Waals surface area contributed by atoms with E-state index in [0.29, 0.717) is 25.7 Å². The maximum atomic E-state index is 12.6. The number of ketones is 1. The summed E-state index contributed by atoms with van der Waals surface area (Å²) in [5, 5.41) is 7.84. The molecule has 31 heavy (non-hydrogen) atoms. The van der Waals surface area contributed by atoms with E-state index in [1.165, 1.54) is 7.11 Å². The van der Waals surface area contributed by atoms with Crippen molar-refractivity contribution in [3.05, 3.63) is 35.9 Å². The third-order valence-electron chi connectivity index (χ3n) is 5.70. The molecule has 3 rings (SSSR count). The average molecular weight is 429 g/mol. The number of amides is 3. The van der Waals surface area contributed by atoms with Crippen molar-refractivity contribution in [1.82, 2.24) is 16.0 Å². The molecule has 0 aromatic heterocycles. The second-order valence-electron chi connectivity index (χ2n) is 7.98. The van der Waals surface area contributed by atoms with Gasteiger partial charge in [0.05, 0.1) is 13.5 Å². The summed E-state index contributed by atoms with van der Waals surface area (Å²) in [5.74, 6) is -2.34. The van der Waals surface area contributed by atoms with Gasteiger partial charge in [0, 0.05) is 19.3 Å². The zero-order valence-corrected chi connectivity index (χ0v) is 17.4. The van der Waals surface area contributed by atoms with E-state index in [1.807, 2.05) is 30.3 Å². The van der Waals surface area contributed by atoms with Crippen LogP contribution in [0.5, 0.6) is 0 Å². The van der Waals surface area contributed by atoms with Gasteiger partial charge in [-0.2, -0.15) is 0 Å². The van der Waals surface area contributed by atoms with Crippen molar-refractivity contribution in [2.45, 2.75) is 56.7 Å². The minimum Gasteiger partial charge on any atom is -0.467 e. The molecule has 0 unspecified atom stereocenters. The maximum Gasteiger partial charge on any atom is 0.328 e. The van der Waals surface area contributed by atoms with Crippen LogP contribution in [0.25, 0.3) is 0 Å². The van der Waals surface area contributed by atoms with Gasteiger partial charge in [0.1, 0.15) is 23.9 Å². The molecule has 1 aliphatic carbocycles. The molecule has 3 amide bonds. The van der Waals surface area contributed by atoms with Gasteiger partial charge in [-0.3, -0.25) is 19.2 Å². The van der Waals surface area contributed by atoms with E-state index < -0.39 is 35.9 Å². The van der Waals surface area contributed by atoms with Crippen LogP contribution in [-0.4, -0.2) is 54.7 Å². The summed E-state index contributed by atoms with van der Waals surface area (Å²) in [5.41, 5.74) is 0.905. The van der Waals surface area contributed by atoms with Gasteiger partial charge in [-0.15, -0.1) is 0 Å². The van der Waals surface area contributed by atoms with Crippen molar-refractivity contribution in [3.63, 3.8) is 0 Å². The Labute approximate surface area is 180 Å². The lowest BCUT2D eigenvalue weighted by Gasteiger charge is -2.31. The normalized spacial score (nSPS) is 24.5. The van der Waals surface area contributed by atoms with E-state index >= 15 is 0 Å². The van der Waals surface area contributed by atoms with Crippen LogP contribution in [0.15, 0.2) is 30.3 Å². The van der Waals surface area contributed by atoms with Gasteiger partial charge >= 0.3 is 5.97 Å². The number of hydrogen-bond acceptors (Lipinski definition) is 6. The first kappa shape index (κ1) is 22.5. The Hall–Kier alpha value is -3.23. The summed E-state index contributed by atoms with van der Waals surface area (Å²) in [6.07, 6.45) is 1.96. The molecule has 1 saturated heterocycles. The third-order valence-corrected chi connectivity index (χ3v) is 5.70. The van der Waals surface area contributed by atoms with E-state index in [1.54, 1.807) is 0 Å². The fourth-order valence-electron chi connectivity index (χ4n) is 4.07. The van der Waals surface area contributed by atoms with Crippen LogP contribution in [0.4, 0.5) is 0 Å². The number of Topliss-reactive ketones (excluding diaryl/α,β-unsaturated/α-hetero) is 1. The number of ether oxygens (including phenoxy) is 1. The second kappa shape index (κ2) is 10.2. The van der Waals surface area contributed by atoms with Gasteiger partial charge in [0.15, 0.2) is 0 Å². The topological polar surface area (TPSA) is 131 Å². The van der Waals surface area contributed by atoms with Crippen LogP contribution in [0.2, 0.25) is 0 Å². The summed E-state index contributed by atoms with van der Waals surface area (Å²) >= 11 is 0. The summed E-state index contributed by atoms with van der Waals surface area (Å²) in [6, 6.07) is 6.57. The van der Waals surface area contributed by atoms with Crippen LogP contribution in [-0.2, 0) is 35.1 Å². The Morgan fingerprint density at radius 2 is 1.77 bits per heavy atom. The van der Waals surface area contributed by atoms with E-state index in [9.17, 15) is 24.0 Å². The highest BCUT2D eigenvalue weighted by atomic mass is 16.5. The lowest BCUT2D eigenvalue weighted by Crippen LogP contribution is -2.63. The van der Waals surface area contributed by atoms with Gasteiger partial charge in [0.2, 0.25) is 17.7 Å². The fourth-order valence-corrected chi connectivity index (χ4v) is 4.07. The van der Waals surface area contributed by atoms with E-state index in [2.05, 4.69) is 16.0 Å². The van der Waals surface area contributed by atoms with Crippen molar-refractivity contribution in [3.8, 4) is 0 Å². The second-order valence-corrected chi connectivity index (χ2v) is 7.98. The molecule has 2 fully saturated rings. The van der Waals surface area contributed by atoms with Gasteiger partial charge < -0.3 is 20.7 Å². The number of hydrogen-bond donors (Lipinski definition) is 3. The van der Waals surface area contributed by atoms with Crippen LogP contribution in [0.3, 0.4) is 0 Å². The summed E-state index contributed by atoms with van der Waals surface area (Å²) in [6.45, 7) is 0. The number of carbonyl (C=O) groups excluding carboxylic acids is 5. The van der Waals surface area contributed by atoms with E-state index in [-0.39, 0.29) is 30.4 Å². The molecule has 1 aliphatic heterocycles. The monoisotopic (exact) mass is 429 g/mol. The van der Waals surface area contributed by atoms with Crippen LogP contribution < -0.4 is 16.0 Å². The van der Waals surface area contributed by atoms with Gasteiger partial charge in [-0.1, -0.05) is 30.3 Å². The first-order chi connectivity index (χ1) is 14.9. The Morgan fingerprint density at radius 3 is 2.45 bits per heavy atom. The van der Waals surface area contributed by atoms with E-state index in [4.69, 9.17) is 4.74 Å². The van der Waals surface area contributed by atoms with Crippen molar-refractivity contribution < 1.29 is 28.7 Å². The predicted octanol–water partition coefficient (Wildman–Crippen LogP) is 0.0195. The number of piperazine rings is 1. The largest absolute Gasteiger partial charge is 0.467 e. The number of carbonyl (C=O) groups is 5. The molecular formula is C22H27N3O6. The highest BCUT2D eigenvalue weighted by Gasteiger charge is 2.37. The zero-order valence-electron chi connectivity index (χ0n) is 17.4. The fraction of sp³-hybridized carbons (Fsp3) is 0.500. The van der Waals surface area contributed by atoms with Crippen molar-refractivity contribution >= 4 is 29.5 Å². The minimum absolute atomic E-state index is 0.0442. The molecule has 0 bridgehead atoms. The van der Waals surface area contributed by atoms with Gasteiger partial charge in [0.25, 0.3) is 0 Å². The average Bonchev–Trinajstić information content (AvgIpc) is 2.75. The maximum absolute atomic E-state index is 12.6. The smallest absolute Gasteiger partial charge is 0.328 e. The molecule has 9 nitrogen and oxygen atoms in total. The number of nitrogens with one attached hydrogen (secondary N) is 3. The van der Waals surface area contributed by atoms with Crippen LogP contribution in [0, 0.1) is 5.92 Å². The first-order valence-electron chi connectivity index (χ1n) is 10.4. The quantitative estimate of drug-likeness (QED) is 0.524. The molecule has 166 valence electrons. The van der Waals surface area contributed by atoms with E-state index in [0.717, 1.165) is 5.56 Å². The SMILES string of the molecule is COC(=O)[C@H](NC(=O)C[C@@H]1NC(=O)[C@H](Cc2ccccc2)NC1=O)[C@H]1CCCC(=O)C1. The van der Waals surface area contributed by atoms with Crippen LogP contribution >= 0.6 is 0 Å². The number of rotatable bonds is 7. The molecule has 0 spiro atoms. The lowest BCUT2D eigenvalue weighted by molar-refractivity contribution is -0.148. The molecule has 0 radical (unpaired) electrons. The van der Waals surface area contributed by atoms with Crippen molar-refractivity contribution in [2.24, 2.45) is 5.92 Å². The summed E-state index contributed by atoms with van der Waals surface area (Å²) < 4.78 is 4.79. The molecule has 2 aliphatic rings. The van der Waals surface area contributed by atoms with Gasteiger partial charge in [-0.05, 0) is 24.3 Å². The molecule has 1 aromatic carbocycles. The van der Waals surface area contributed by atoms with Gasteiger partial charge in [-0.25, -0.2) is 4.79 Å². The number of benzene rings is 1.